The van der Waals surface area contributed by atoms with Gasteiger partial charge in [-0.15, -0.1) is 11.3 Å². The van der Waals surface area contributed by atoms with Crippen LogP contribution in [0, 0.1) is 6.92 Å². The minimum absolute atomic E-state index is 0.767. The van der Waals surface area contributed by atoms with Crippen LogP contribution in [-0.4, -0.2) is 13.2 Å². The van der Waals surface area contributed by atoms with Crippen molar-refractivity contribution in [2.24, 2.45) is 0 Å². The van der Waals surface area contributed by atoms with E-state index in [-0.39, 0.29) is 0 Å². The quantitative estimate of drug-likeness (QED) is 0.118. The Bertz CT molecular complexity index is 1250. The van der Waals surface area contributed by atoms with E-state index >= 15 is 0 Å². The maximum atomic E-state index is 6.02. The van der Waals surface area contributed by atoms with E-state index in [2.05, 4.69) is 123 Å². The first kappa shape index (κ1) is 30.5. The SMILES string of the molecule is CCCCCCOc1ccc(N(c2ccc(/C=C/c3ccc(C)s3)cc2)c2ccc(OCCCCCC)cc2)cc1. The predicted octanol–water partition coefficient (Wildman–Crippen LogP) is 11.6. The van der Waals surface area contributed by atoms with Gasteiger partial charge < -0.3 is 14.4 Å². The fraction of sp³-hybridized carbons (Fsp3) is 0.351. The molecule has 3 aromatic carbocycles. The molecule has 0 radical (unpaired) electrons. The first-order valence-electron chi connectivity index (χ1n) is 15.3. The maximum Gasteiger partial charge on any atom is 0.119 e. The fourth-order valence-corrected chi connectivity index (χ4v) is 5.50. The standard InChI is InChI=1S/C37H45NO2S/c1-4-6-8-10-28-39-35-22-18-33(19-23-35)38(34-20-24-36(25-21-34)40-29-11-9-7-5-2)32-16-13-31(14-17-32)15-27-37-26-12-30(3)41-37/h12-27H,4-11,28-29H2,1-3H3/b27-15+. The molecule has 0 saturated carbocycles. The van der Waals surface area contributed by atoms with E-state index in [1.54, 1.807) is 0 Å². The van der Waals surface area contributed by atoms with Crippen molar-refractivity contribution in [2.75, 3.05) is 18.1 Å². The van der Waals surface area contributed by atoms with Gasteiger partial charge in [0.25, 0.3) is 0 Å². The number of hydrogen-bond donors (Lipinski definition) is 0. The molecule has 0 atom stereocenters. The van der Waals surface area contributed by atoms with E-state index in [4.69, 9.17) is 9.47 Å². The number of anilines is 3. The number of unbranched alkanes of at least 4 members (excludes halogenated alkanes) is 6. The van der Waals surface area contributed by atoms with Crippen LogP contribution < -0.4 is 14.4 Å². The topological polar surface area (TPSA) is 21.7 Å². The van der Waals surface area contributed by atoms with Gasteiger partial charge in [0.05, 0.1) is 13.2 Å². The molecule has 1 heterocycles. The Balaban J connectivity index is 1.50. The molecule has 0 saturated heterocycles. The Morgan fingerprint density at radius 2 is 1.05 bits per heavy atom. The first-order chi connectivity index (χ1) is 20.2. The number of rotatable bonds is 17. The molecular formula is C37H45NO2S. The van der Waals surface area contributed by atoms with E-state index in [0.29, 0.717) is 0 Å². The van der Waals surface area contributed by atoms with Gasteiger partial charge >= 0.3 is 0 Å². The molecule has 0 bridgehead atoms. The van der Waals surface area contributed by atoms with Crippen LogP contribution in [0.5, 0.6) is 11.5 Å². The average Bonchev–Trinajstić information content (AvgIpc) is 3.43. The fourth-order valence-electron chi connectivity index (χ4n) is 4.72. The van der Waals surface area contributed by atoms with Gasteiger partial charge in [-0.1, -0.05) is 70.6 Å². The van der Waals surface area contributed by atoms with E-state index in [1.165, 1.54) is 53.8 Å². The molecule has 3 nitrogen and oxygen atoms in total. The zero-order chi connectivity index (χ0) is 28.7. The van der Waals surface area contributed by atoms with Crippen molar-refractivity contribution in [3.05, 3.63) is 100 Å². The monoisotopic (exact) mass is 567 g/mol. The van der Waals surface area contributed by atoms with Crippen molar-refractivity contribution < 1.29 is 9.47 Å². The number of aryl methyl sites for hydroxylation is 1. The molecule has 4 aromatic rings. The van der Waals surface area contributed by atoms with E-state index in [0.717, 1.165) is 54.6 Å². The summed E-state index contributed by atoms with van der Waals surface area (Å²) >= 11 is 1.81. The van der Waals surface area contributed by atoms with Gasteiger partial charge in [-0.2, -0.15) is 0 Å². The number of ether oxygens (including phenoxy) is 2. The van der Waals surface area contributed by atoms with Crippen molar-refractivity contribution in [3.8, 4) is 11.5 Å². The van der Waals surface area contributed by atoms with Crippen molar-refractivity contribution in [1.82, 2.24) is 0 Å². The lowest BCUT2D eigenvalue weighted by atomic mass is 10.1. The van der Waals surface area contributed by atoms with E-state index in [1.807, 2.05) is 11.3 Å². The molecule has 0 spiro atoms. The maximum absolute atomic E-state index is 6.02. The van der Waals surface area contributed by atoms with Gasteiger partial charge in [0.1, 0.15) is 11.5 Å². The van der Waals surface area contributed by atoms with Crippen molar-refractivity contribution in [3.63, 3.8) is 0 Å². The number of benzene rings is 3. The molecule has 0 amide bonds. The summed E-state index contributed by atoms with van der Waals surface area (Å²) in [6.07, 6.45) is 14.0. The van der Waals surface area contributed by atoms with Gasteiger partial charge in [0, 0.05) is 26.8 Å². The summed E-state index contributed by atoms with van der Waals surface area (Å²) in [7, 11) is 0. The molecular weight excluding hydrogens is 522 g/mol. The largest absolute Gasteiger partial charge is 0.494 e. The lowest BCUT2D eigenvalue weighted by Gasteiger charge is -2.26. The highest BCUT2D eigenvalue weighted by molar-refractivity contribution is 7.12. The highest BCUT2D eigenvalue weighted by atomic mass is 32.1. The minimum Gasteiger partial charge on any atom is -0.494 e. The molecule has 4 heteroatoms. The summed E-state index contributed by atoms with van der Waals surface area (Å²) in [6, 6.07) is 30.0. The van der Waals surface area contributed by atoms with Crippen molar-refractivity contribution in [1.29, 1.82) is 0 Å². The van der Waals surface area contributed by atoms with Gasteiger partial charge in [-0.3, -0.25) is 0 Å². The molecule has 0 N–H and O–H groups in total. The predicted molar refractivity (Wildman–Crippen MR) is 178 cm³/mol. The number of thiophene rings is 1. The molecule has 0 aliphatic carbocycles. The van der Waals surface area contributed by atoms with E-state index < -0.39 is 0 Å². The summed E-state index contributed by atoms with van der Waals surface area (Å²) in [4.78, 5) is 4.89. The van der Waals surface area contributed by atoms with Crippen LogP contribution in [0.25, 0.3) is 12.2 Å². The second-order valence-electron chi connectivity index (χ2n) is 10.5. The Morgan fingerprint density at radius 3 is 1.49 bits per heavy atom. The highest BCUT2D eigenvalue weighted by Crippen LogP contribution is 2.36. The molecule has 4 rings (SSSR count). The summed E-state index contributed by atoms with van der Waals surface area (Å²) in [6.45, 7) is 8.14. The van der Waals surface area contributed by atoms with Gasteiger partial charge in [-0.05, 0) is 104 Å². The van der Waals surface area contributed by atoms with Gasteiger partial charge in [-0.25, -0.2) is 0 Å². The van der Waals surface area contributed by atoms with Crippen molar-refractivity contribution in [2.45, 2.75) is 72.1 Å². The summed E-state index contributed by atoms with van der Waals surface area (Å²) in [5, 5.41) is 0. The molecule has 0 aliphatic rings. The molecule has 216 valence electrons. The second-order valence-corrected chi connectivity index (χ2v) is 11.8. The lowest BCUT2D eigenvalue weighted by Crippen LogP contribution is -2.10. The average molecular weight is 568 g/mol. The Labute approximate surface area is 251 Å². The Morgan fingerprint density at radius 1 is 0.561 bits per heavy atom. The third-order valence-electron chi connectivity index (χ3n) is 7.08. The van der Waals surface area contributed by atoms with Crippen LogP contribution in [0.15, 0.2) is 84.9 Å². The lowest BCUT2D eigenvalue weighted by molar-refractivity contribution is 0.305. The third kappa shape index (κ3) is 9.82. The number of hydrogen-bond acceptors (Lipinski definition) is 4. The molecule has 41 heavy (non-hydrogen) atoms. The zero-order valence-corrected chi connectivity index (χ0v) is 25.8. The molecule has 0 fully saturated rings. The molecule has 0 unspecified atom stereocenters. The van der Waals surface area contributed by atoms with Gasteiger partial charge in [0.15, 0.2) is 0 Å². The van der Waals surface area contributed by atoms with Gasteiger partial charge in [0.2, 0.25) is 0 Å². The van der Waals surface area contributed by atoms with Crippen LogP contribution in [0.1, 0.15) is 80.5 Å². The third-order valence-corrected chi connectivity index (χ3v) is 8.04. The van der Waals surface area contributed by atoms with Crippen LogP contribution in [-0.2, 0) is 0 Å². The number of nitrogens with zero attached hydrogens (tertiary/aromatic N) is 1. The normalized spacial score (nSPS) is 11.2. The van der Waals surface area contributed by atoms with Crippen LogP contribution >= 0.6 is 11.3 Å². The first-order valence-corrected chi connectivity index (χ1v) is 16.1. The Hall–Kier alpha value is -3.50. The highest BCUT2D eigenvalue weighted by Gasteiger charge is 2.13. The van der Waals surface area contributed by atoms with Crippen molar-refractivity contribution >= 4 is 40.6 Å². The molecule has 1 aromatic heterocycles. The second kappa shape index (κ2) is 16.7. The summed E-state index contributed by atoms with van der Waals surface area (Å²) in [5.41, 5.74) is 4.47. The Kier molecular flexibility index (Phi) is 12.4. The zero-order valence-electron chi connectivity index (χ0n) is 25.0. The van der Waals surface area contributed by atoms with Crippen LogP contribution in [0.2, 0.25) is 0 Å². The van der Waals surface area contributed by atoms with Crippen LogP contribution in [0.3, 0.4) is 0 Å². The minimum atomic E-state index is 0.767. The summed E-state index contributed by atoms with van der Waals surface area (Å²) in [5.74, 6) is 1.84. The smallest absolute Gasteiger partial charge is 0.119 e. The van der Waals surface area contributed by atoms with Crippen LogP contribution in [0.4, 0.5) is 17.1 Å². The molecule has 0 aliphatic heterocycles. The summed E-state index contributed by atoms with van der Waals surface area (Å²) < 4.78 is 12.0. The van der Waals surface area contributed by atoms with E-state index in [9.17, 15) is 0 Å².